The van der Waals surface area contributed by atoms with E-state index in [2.05, 4.69) is 15.6 Å². The number of aliphatic hydroxyl groups is 5. The van der Waals surface area contributed by atoms with Gasteiger partial charge in [0.25, 0.3) is 0 Å². The Hall–Kier alpha value is -1.79. The molecule has 0 radical (unpaired) electrons. The number of carbonyl (C=O) groups is 2. The van der Waals surface area contributed by atoms with Crippen LogP contribution < -0.4 is 22.1 Å². The van der Waals surface area contributed by atoms with Crippen molar-refractivity contribution in [3.8, 4) is 0 Å². The van der Waals surface area contributed by atoms with Gasteiger partial charge in [0.15, 0.2) is 12.2 Å². The molecule has 0 amide bonds. The van der Waals surface area contributed by atoms with E-state index < -0.39 is 78.8 Å². The van der Waals surface area contributed by atoms with Crippen LogP contribution in [-0.4, -0.2) is 132 Å². The van der Waals surface area contributed by atoms with Gasteiger partial charge in [-0.05, 0) is 69.2 Å². The van der Waals surface area contributed by atoms with E-state index in [4.69, 9.17) is 25.7 Å². The van der Waals surface area contributed by atoms with E-state index in [0.717, 1.165) is 25.8 Å². The van der Waals surface area contributed by atoms with Crippen LogP contribution in [0.1, 0.15) is 89.9 Å². The average molecular weight is 766 g/mol. The first-order valence-corrected chi connectivity index (χ1v) is 20.6. The van der Waals surface area contributed by atoms with Crippen molar-refractivity contribution in [2.75, 3.05) is 33.9 Å². The number of carbonyl (C=O) groups excluding carboxylic acids is 2. The van der Waals surface area contributed by atoms with Crippen molar-refractivity contribution in [3.05, 3.63) is 0 Å². The molecule has 6 rings (SSSR count). The van der Waals surface area contributed by atoms with E-state index in [1.807, 2.05) is 0 Å². The molecular formula is C39H67N5O10. The molecule has 54 heavy (non-hydrogen) atoms. The van der Waals surface area contributed by atoms with Crippen LogP contribution in [0.15, 0.2) is 4.99 Å². The number of hydrogen-bond acceptors (Lipinski definition) is 13. The van der Waals surface area contributed by atoms with Crippen molar-refractivity contribution in [2.45, 2.75) is 145 Å². The van der Waals surface area contributed by atoms with Crippen LogP contribution in [0.3, 0.4) is 0 Å². The topological polar surface area (TPSA) is 251 Å². The summed E-state index contributed by atoms with van der Waals surface area (Å²) in [4.78, 5) is 33.3. The van der Waals surface area contributed by atoms with Gasteiger partial charge in [-0.15, -0.1) is 0 Å². The molecule has 0 aromatic heterocycles. The fourth-order valence-electron chi connectivity index (χ4n) is 11.2. The number of guanidine groups is 1. The lowest BCUT2D eigenvalue weighted by Crippen LogP contribution is -2.68. The summed E-state index contributed by atoms with van der Waals surface area (Å²) in [6, 6.07) is 0. The molecule has 0 aromatic carbocycles. The summed E-state index contributed by atoms with van der Waals surface area (Å²) in [5.41, 5.74) is 10.1. The molecular weight excluding hydrogens is 698 g/mol. The number of ketones is 2. The van der Waals surface area contributed by atoms with Crippen LogP contribution in [0, 0.1) is 47.3 Å². The Morgan fingerprint density at radius 3 is 2.39 bits per heavy atom. The summed E-state index contributed by atoms with van der Waals surface area (Å²) in [5, 5.41) is 63.2. The van der Waals surface area contributed by atoms with E-state index in [9.17, 15) is 35.1 Å². The molecule has 308 valence electrons. The van der Waals surface area contributed by atoms with E-state index in [0.29, 0.717) is 38.1 Å². The van der Waals surface area contributed by atoms with Crippen LogP contribution >= 0.6 is 0 Å². The fourth-order valence-corrected chi connectivity index (χ4v) is 11.2. The summed E-state index contributed by atoms with van der Waals surface area (Å²) in [7, 11) is 3.12. The molecule has 4 saturated carbocycles. The van der Waals surface area contributed by atoms with Gasteiger partial charge in [0.2, 0.25) is 0 Å². The third kappa shape index (κ3) is 8.70. The van der Waals surface area contributed by atoms with Gasteiger partial charge >= 0.3 is 0 Å². The van der Waals surface area contributed by atoms with Gasteiger partial charge in [0.05, 0.1) is 42.9 Å². The third-order valence-electron chi connectivity index (χ3n) is 14.3. The Morgan fingerprint density at radius 2 is 1.70 bits per heavy atom. The van der Waals surface area contributed by atoms with Crippen molar-refractivity contribution >= 4 is 17.5 Å². The molecule has 2 aliphatic heterocycles. The zero-order valence-electron chi connectivity index (χ0n) is 32.1. The van der Waals surface area contributed by atoms with E-state index in [-0.39, 0.29) is 54.3 Å². The summed E-state index contributed by atoms with van der Waals surface area (Å²) in [5.74, 6) is -2.86. The Morgan fingerprint density at radius 1 is 0.963 bits per heavy atom. The normalized spacial score (nSPS) is 45.1. The summed E-state index contributed by atoms with van der Waals surface area (Å²) < 4.78 is 18.2. The quantitative estimate of drug-likeness (QED) is 0.0932. The third-order valence-corrected chi connectivity index (χ3v) is 14.3. The number of nitrogens with two attached hydrogens (primary N) is 2. The number of nitrogens with zero attached hydrogens (tertiary/aromatic N) is 1. The number of rotatable bonds is 12. The Bertz CT molecular complexity index is 1300. The number of methoxy groups -OCH3 is 1. The lowest BCUT2D eigenvalue weighted by atomic mass is 9.53. The van der Waals surface area contributed by atoms with Crippen LogP contribution in [0.2, 0.25) is 0 Å². The molecule has 16 unspecified atom stereocenters. The molecule has 6 fully saturated rings. The Labute approximate surface area is 319 Å². The van der Waals surface area contributed by atoms with Crippen molar-refractivity contribution in [1.29, 1.82) is 0 Å². The number of fused-ring (bicyclic) bond motifs is 2. The van der Waals surface area contributed by atoms with Crippen molar-refractivity contribution in [1.82, 2.24) is 10.6 Å². The van der Waals surface area contributed by atoms with Crippen molar-refractivity contribution in [2.24, 2.45) is 63.8 Å². The molecule has 4 aliphatic carbocycles. The summed E-state index contributed by atoms with van der Waals surface area (Å²) >= 11 is 0. The second kappa shape index (κ2) is 18.2. The highest BCUT2D eigenvalue weighted by Crippen LogP contribution is 2.52. The van der Waals surface area contributed by atoms with Gasteiger partial charge in [-0.25, -0.2) is 0 Å². The molecule has 16 atom stereocenters. The molecule has 2 heterocycles. The van der Waals surface area contributed by atoms with Gasteiger partial charge in [0, 0.05) is 44.9 Å². The summed E-state index contributed by atoms with van der Waals surface area (Å²) in [6.45, 7) is 0.402. The van der Waals surface area contributed by atoms with Crippen molar-refractivity contribution in [3.63, 3.8) is 0 Å². The predicted molar refractivity (Wildman–Crippen MR) is 198 cm³/mol. The van der Waals surface area contributed by atoms with Crippen molar-refractivity contribution < 1.29 is 49.3 Å². The second-order valence-electron chi connectivity index (χ2n) is 17.4. The first-order chi connectivity index (χ1) is 25.9. The molecule has 2 saturated heterocycles. The first-order valence-electron chi connectivity index (χ1n) is 20.6. The van der Waals surface area contributed by atoms with Gasteiger partial charge < -0.3 is 61.8 Å². The zero-order chi connectivity index (χ0) is 38.7. The standard InChI is InChI=1S/C39H67N5O10/c1-42-38(41)44-18-26-22(9-8-20-6-4-3-5-7-20)15-24-31(33(26)47)34(48)30-25(32(24)46)16-23(52-2)17-27(30)53-37-35(49)36(50)39(51,28(19-45)54-37)12-10-21-11-13-43-29(40)14-21/h20-31,33,35-37,43,45,47,49-51H,3-19,40H2,1-2H3,(H3,41,42,44). The molecule has 15 heteroatoms. The number of aliphatic imine (C=N–C) groups is 1. The second-order valence-corrected chi connectivity index (χ2v) is 17.4. The molecule has 0 bridgehead atoms. The zero-order valence-corrected chi connectivity index (χ0v) is 32.1. The summed E-state index contributed by atoms with van der Waals surface area (Å²) in [6.07, 6.45) is 2.20. The maximum atomic E-state index is 14.7. The van der Waals surface area contributed by atoms with Gasteiger partial charge in [-0.3, -0.25) is 14.6 Å². The molecule has 0 aromatic rings. The SMILES string of the molecule is CN=C(N)NCC1C(CCC2CCCCC2)CC2C(=O)C3CC(OC)CC(OC4OC(CO)C(O)(CCC5CCNC(N)C5)C(O)C4O)C3C(=O)C2C1O. The minimum atomic E-state index is -1.97. The average Bonchev–Trinajstić information content (AvgIpc) is 3.18. The van der Waals surface area contributed by atoms with Crippen LogP contribution in [0.5, 0.6) is 0 Å². The number of piperidine rings is 1. The minimum absolute atomic E-state index is 0.00967. The molecule has 15 nitrogen and oxygen atoms in total. The number of aliphatic hydroxyl groups excluding tert-OH is 4. The maximum Gasteiger partial charge on any atom is 0.188 e. The largest absolute Gasteiger partial charge is 0.394 e. The van der Waals surface area contributed by atoms with E-state index >= 15 is 0 Å². The van der Waals surface area contributed by atoms with Gasteiger partial charge in [-0.1, -0.05) is 38.5 Å². The van der Waals surface area contributed by atoms with Gasteiger partial charge in [0.1, 0.15) is 35.5 Å². The lowest BCUT2D eigenvalue weighted by molar-refractivity contribution is -0.346. The van der Waals surface area contributed by atoms with Crippen LogP contribution in [-0.2, 0) is 23.8 Å². The molecule has 6 aliphatic rings. The molecule has 11 N–H and O–H groups in total. The monoisotopic (exact) mass is 765 g/mol. The van der Waals surface area contributed by atoms with Crippen LogP contribution in [0.4, 0.5) is 0 Å². The number of Topliss-reactive ketones (excluding diaryl/α,β-unsaturated/α-hetero) is 2. The first kappa shape index (κ1) is 41.8. The highest BCUT2D eigenvalue weighted by molar-refractivity contribution is 6.00. The van der Waals surface area contributed by atoms with Gasteiger partial charge in [-0.2, -0.15) is 0 Å². The fraction of sp³-hybridized carbons (Fsp3) is 0.923. The minimum Gasteiger partial charge on any atom is -0.394 e. The molecule has 0 spiro atoms. The number of ether oxygens (including phenoxy) is 3. The Kier molecular flexibility index (Phi) is 14.1. The highest BCUT2D eigenvalue weighted by atomic mass is 16.7. The number of nitrogens with one attached hydrogen (secondary N) is 2. The highest BCUT2D eigenvalue weighted by Gasteiger charge is 2.62. The van der Waals surface area contributed by atoms with E-state index in [1.165, 1.54) is 32.1 Å². The number of hydrogen-bond donors (Lipinski definition) is 9. The van der Waals surface area contributed by atoms with Crippen LogP contribution in [0.25, 0.3) is 0 Å². The smallest absolute Gasteiger partial charge is 0.188 e. The lowest BCUT2D eigenvalue weighted by Gasteiger charge is -2.53. The van der Waals surface area contributed by atoms with E-state index in [1.54, 1.807) is 14.2 Å². The Balaban J connectivity index is 1.20. The maximum absolute atomic E-state index is 14.7. The predicted octanol–water partition coefficient (Wildman–Crippen LogP) is -0.0767.